The lowest BCUT2D eigenvalue weighted by Crippen LogP contribution is -2.54. The van der Waals surface area contributed by atoms with E-state index in [0.29, 0.717) is 33.0 Å². The Morgan fingerprint density at radius 1 is 0.717 bits per heavy atom. The second-order valence-corrected chi connectivity index (χ2v) is 18.9. The standard InChI is InChI=1S/C40H52O5Si/c1-40(2,3)46(4,5)44-30-38-39(43-29-33-22-23-34-19-12-13-20-35(34)25-33)37(42-28-32-17-10-7-11-18-32)26-36(45-38)21-14-24-41-27-31-15-8-6-9-16-31/h6-13,15-20,22-23,25,36-39H,14,21,24,26-30H2,1-5H3/t36-,37+,38-,39+/m1/s1. The highest BCUT2D eigenvalue weighted by Crippen LogP contribution is 2.38. The molecule has 0 bridgehead atoms. The summed E-state index contributed by atoms with van der Waals surface area (Å²) in [6.07, 6.45) is 2.00. The summed E-state index contributed by atoms with van der Waals surface area (Å²) in [5.74, 6) is 0. The van der Waals surface area contributed by atoms with E-state index in [9.17, 15) is 0 Å². The predicted molar refractivity (Wildman–Crippen MR) is 189 cm³/mol. The van der Waals surface area contributed by atoms with Crippen molar-refractivity contribution in [3.8, 4) is 0 Å². The van der Waals surface area contributed by atoms with Crippen molar-refractivity contribution in [1.29, 1.82) is 0 Å². The summed E-state index contributed by atoms with van der Waals surface area (Å²) in [5, 5.41) is 2.54. The van der Waals surface area contributed by atoms with Crippen molar-refractivity contribution in [3.05, 3.63) is 120 Å². The van der Waals surface area contributed by atoms with Gasteiger partial charge in [0.25, 0.3) is 0 Å². The lowest BCUT2D eigenvalue weighted by molar-refractivity contribution is -0.216. The molecule has 246 valence electrons. The van der Waals surface area contributed by atoms with Gasteiger partial charge in [-0.2, -0.15) is 0 Å². The van der Waals surface area contributed by atoms with Crippen molar-refractivity contribution in [2.45, 2.75) is 102 Å². The molecule has 0 unspecified atom stereocenters. The molecule has 6 heteroatoms. The first-order valence-electron chi connectivity index (χ1n) is 16.8. The molecule has 1 aliphatic heterocycles. The van der Waals surface area contributed by atoms with E-state index in [1.54, 1.807) is 0 Å². The molecule has 1 aliphatic rings. The van der Waals surface area contributed by atoms with Crippen LogP contribution in [0.15, 0.2) is 103 Å². The minimum atomic E-state index is -2.02. The zero-order valence-electron chi connectivity index (χ0n) is 28.3. The quantitative estimate of drug-likeness (QED) is 0.0957. The summed E-state index contributed by atoms with van der Waals surface area (Å²) in [7, 11) is -2.02. The highest BCUT2D eigenvalue weighted by atomic mass is 28.4. The van der Waals surface area contributed by atoms with Crippen molar-refractivity contribution in [2.75, 3.05) is 13.2 Å². The van der Waals surface area contributed by atoms with Gasteiger partial charge in [-0.1, -0.05) is 118 Å². The van der Waals surface area contributed by atoms with Gasteiger partial charge in [0.15, 0.2) is 8.32 Å². The van der Waals surface area contributed by atoms with Crippen LogP contribution in [0.25, 0.3) is 10.8 Å². The van der Waals surface area contributed by atoms with Gasteiger partial charge in [-0.25, -0.2) is 0 Å². The second-order valence-electron chi connectivity index (χ2n) is 14.1. The fourth-order valence-electron chi connectivity index (χ4n) is 5.69. The predicted octanol–water partition coefficient (Wildman–Crippen LogP) is 9.49. The Hall–Kier alpha value is -2.84. The number of hydrogen-bond acceptors (Lipinski definition) is 5. The molecular formula is C40H52O5Si. The van der Waals surface area contributed by atoms with E-state index in [1.807, 2.05) is 12.1 Å². The van der Waals surface area contributed by atoms with Crippen LogP contribution in [0.4, 0.5) is 0 Å². The second kappa shape index (κ2) is 16.3. The van der Waals surface area contributed by atoms with Crippen LogP contribution in [-0.2, 0) is 43.2 Å². The maximum absolute atomic E-state index is 6.85. The number of benzene rings is 4. The van der Waals surface area contributed by atoms with E-state index in [0.717, 1.165) is 30.4 Å². The summed E-state index contributed by atoms with van der Waals surface area (Å²) >= 11 is 0. The molecule has 0 radical (unpaired) electrons. The topological polar surface area (TPSA) is 46.2 Å². The van der Waals surface area contributed by atoms with E-state index < -0.39 is 8.32 Å². The highest BCUT2D eigenvalue weighted by Gasteiger charge is 2.43. The van der Waals surface area contributed by atoms with E-state index in [-0.39, 0.29) is 29.5 Å². The van der Waals surface area contributed by atoms with Gasteiger partial charge in [-0.3, -0.25) is 0 Å². The van der Waals surface area contributed by atoms with Crippen LogP contribution in [-0.4, -0.2) is 45.9 Å². The van der Waals surface area contributed by atoms with Crippen molar-refractivity contribution in [1.82, 2.24) is 0 Å². The van der Waals surface area contributed by atoms with Crippen molar-refractivity contribution in [3.63, 3.8) is 0 Å². The van der Waals surface area contributed by atoms with Crippen LogP contribution in [0.2, 0.25) is 18.1 Å². The fourth-order valence-corrected chi connectivity index (χ4v) is 6.71. The van der Waals surface area contributed by atoms with E-state index >= 15 is 0 Å². The molecule has 1 saturated heterocycles. The highest BCUT2D eigenvalue weighted by molar-refractivity contribution is 6.74. The first-order valence-corrected chi connectivity index (χ1v) is 19.7. The third-order valence-electron chi connectivity index (χ3n) is 9.50. The Balaban J connectivity index is 1.30. The van der Waals surface area contributed by atoms with Gasteiger partial charge in [0.05, 0.1) is 38.6 Å². The molecule has 1 heterocycles. The zero-order chi connectivity index (χ0) is 32.4. The first-order chi connectivity index (χ1) is 22.2. The Morgan fingerprint density at radius 2 is 1.35 bits per heavy atom. The average molecular weight is 641 g/mol. The number of ether oxygens (including phenoxy) is 4. The van der Waals surface area contributed by atoms with Gasteiger partial charge in [-0.15, -0.1) is 0 Å². The van der Waals surface area contributed by atoms with E-state index in [2.05, 4.69) is 125 Å². The maximum Gasteiger partial charge on any atom is 0.192 e. The largest absolute Gasteiger partial charge is 0.414 e. The summed E-state index contributed by atoms with van der Waals surface area (Å²) in [6, 6.07) is 35.7. The normalized spacial score (nSPS) is 20.6. The molecule has 46 heavy (non-hydrogen) atoms. The van der Waals surface area contributed by atoms with Crippen LogP contribution >= 0.6 is 0 Å². The van der Waals surface area contributed by atoms with E-state index in [4.69, 9.17) is 23.4 Å². The number of fused-ring (bicyclic) bond motifs is 1. The molecule has 0 spiro atoms. The van der Waals surface area contributed by atoms with Crippen molar-refractivity contribution in [2.24, 2.45) is 0 Å². The van der Waals surface area contributed by atoms with Crippen LogP contribution < -0.4 is 0 Å². The summed E-state index contributed by atoms with van der Waals surface area (Å²) in [6.45, 7) is 14.3. The van der Waals surface area contributed by atoms with Gasteiger partial charge >= 0.3 is 0 Å². The Bertz CT molecular complexity index is 1470. The van der Waals surface area contributed by atoms with Crippen LogP contribution in [0.5, 0.6) is 0 Å². The molecule has 1 fully saturated rings. The fraction of sp³-hybridized carbons (Fsp3) is 0.450. The molecule has 5 rings (SSSR count). The van der Waals surface area contributed by atoms with Crippen LogP contribution in [0.3, 0.4) is 0 Å². The molecule has 0 N–H and O–H groups in total. The number of hydrogen-bond donors (Lipinski definition) is 0. The summed E-state index contributed by atoms with van der Waals surface area (Å²) in [5.41, 5.74) is 3.49. The molecule has 5 nitrogen and oxygen atoms in total. The Morgan fingerprint density at radius 3 is 2.04 bits per heavy atom. The molecule has 4 atom stereocenters. The maximum atomic E-state index is 6.85. The Labute approximate surface area is 277 Å². The van der Waals surface area contributed by atoms with Gasteiger partial charge in [0, 0.05) is 13.0 Å². The van der Waals surface area contributed by atoms with Crippen molar-refractivity contribution >= 4 is 19.1 Å². The summed E-state index contributed by atoms with van der Waals surface area (Å²) < 4.78 is 33.1. The van der Waals surface area contributed by atoms with Crippen LogP contribution in [0.1, 0.15) is 56.7 Å². The van der Waals surface area contributed by atoms with Gasteiger partial charge in [0.2, 0.25) is 0 Å². The number of rotatable bonds is 15. The van der Waals surface area contributed by atoms with Gasteiger partial charge < -0.3 is 23.4 Å². The third-order valence-corrected chi connectivity index (χ3v) is 14.0. The molecule has 4 aromatic rings. The molecular weight excluding hydrogens is 589 g/mol. The first kappa shape index (κ1) is 34.5. The lowest BCUT2D eigenvalue weighted by Gasteiger charge is -2.44. The minimum absolute atomic E-state index is 0.0367. The monoisotopic (exact) mass is 640 g/mol. The smallest absolute Gasteiger partial charge is 0.192 e. The molecule has 4 aromatic carbocycles. The SMILES string of the molecule is CC(C)(C)[Si](C)(C)OC[C@H]1O[C@H](CCCOCc2ccccc2)C[C@H](OCc2ccccc2)[C@@H]1OCc1ccc2ccccc2c1. The molecule has 0 aromatic heterocycles. The lowest BCUT2D eigenvalue weighted by atomic mass is 9.95. The van der Waals surface area contributed by atoms with E-state index in [1.165, 1.54) is 16.3 Å². The van der Waals surface area contributed by atoms with Crippen molar-refractivity contribution < 1.29 is 23.4 Å². The molecule has 0 saturated carbocycles. The zero-order valence-corrected chi connectivity index (χ0v) is 29.3. The van der Waals surface area contributed by atoms with Gasteiger partial charge in [0.1, 0.15) is 12.2 Å². The van der Waals surface area contributed by atoms with Crippen LogP contribution in [0, 0.1) is 0 Å². The molecule has 0 amide bonds. The average Bonchev–Trinajstić information content (AvgIpc) is 3.06. The molecule has 0 aliphatic carbocycles. The summed E-state index contributed by atoms with van der Waals surface area (Å²) in [4.78, 5) is 0. The Kier molecular flexibility index (Phi) is 12.2. The third kappa shape index (κ3) is 9.83. The minimum Gasteiger partial charge on any atom is -0.414 e. The van der Waals surface area contributed by atoms with Gasteiger partial charge in [-0.05, 0) is 64.5 Å².